The van der Waals surface area contributed by atoms with Crippen LogP contribution in [0.15, 0.2) is 0 Å². The molecule has 0 aromatic carbocycles. The molecule has 3 atom stereocenters. The van der Waals surface area contributed by atoms with Gasteiger partial charge < -0.3 is 16.0 Å². The van der Waals surface area contributed by atoms with Crippen molar-refractivity contribution < 1.29 is 4.79 Å². The summed E-state index contributed by atoms with van der Waals surface area (Å²) >= 11 is 0. The average Bonchev–Trinajstić information content (AvgIpc) is 2.29. The molecule has 1 fully saturated rings. The Morgan fingerprint density at radius 1 is 1.44 bits per heavy atom. The number of rotatable bonds is 6. The van der Waals surface area contributed by atoms with Crippen molar-refractivity contribution in [2.24, 2.45) is 11.7 Å². The summed E-state index contributed by atoms with van der Waals surface area (Å²) in [5.41, 5.74) is 4.92. The van der Waals surface area contributed by atoms with Gasteiger partial charge in [-0.15, -0.1) is 0 Å². The van der Waals surface area contributed by atoms with Crippen molar-refractivity contribution in [2.45, 2.75) is 58.0 Å². The van der Waals surface area contributed by atoms with Crippen LogP contribution in [0.3, 0.4) is 0 Å². The fourth-order valence-corrected chi connectivity index (χ4v) is 3.18. The molecule has 0 aromatic heterocycles. The van der Waals surface area contributed by atoms with E-state index in [0.717, 1.165) is 6.54 Å². The number of nitrogens with one attached hydrogen (secondary N) is 1. The van der Waals surface area contributed by atoms with Gasteiger partial charge in [0, 0.05) is 12.6 Å². The third-order valence-electron chi connectivity index (χ3n) is 4.31. The Labute approximate surface area is 111 Å². The highest BCUT2D eigenvalue weighted by atomic mass is 16.1. The first-order chi connectivity index (χ1) is 8.40. The molecule has 4 nitrogen and oxygen atoms in total. The quantitative estimate of drug-likeness (QED) is 0.753. The number of carbonyl (C=O) groups excluding carboxylic acids is 1. The first-order valence-electron chi connectivity index (χ1n) is 7.16. The monoisotopic (exact) mass is 255 g/mol. The van der Waals surface area contributed by atoms with E-state index in [1.807, 2.05) is 13.8 Å². The summed E-state index contributed by atoms with van der Waals surface area (Å²) in [4.78, 5) is 14.0. The highest BCUT2D eigenvalue weighted by Gasteiger charge is 2.35. The van der Waals surface area contributed by atoms with Crippen LogP contribution in [0, 0.1) is 5.92 Å². The van der Waals surface area contributed by atoms with Gasteiger partial charge in [-0.2, -0.15) is 0 Å². The molecule has 0 bridgehead atoms. The predicted molar refractivity (Wildman–Crippen MR) is 75.3 cm³/mol. The van der Waals surface area contributed by atoms with E-state index in [2.05, 4.69) is 24.2 Å². The van der Waals surface area contributed by atoms with Crippen molar-refractivity contribution in [3.63, 3.8) is 0 Å². The molecule has 0 spiro atoms. The van der Waals surface area contributed by atoms with Crippen molar-refractivity contribution >= 4 is 5.91 Å². The van der Waals surface area contributed by atoms with Gasteiger partial charge in [-0.05, 0) is 39.3 Å². The summed E-state index contributed by atoms with van der Waals surface area (Å²) in [6, 6.07) is 0.580. The third kappa shape index (κ3) is 3.69. The van der Waals surface area contributed by atoms with Crippen molar-refractivity contribution in [3.05, 3.63) is 0 Å². The largest absolute Gasteiger partial charge is 0.368 e. The van der Waals surface area contributed by atoms with Gasteiger partial charge in [-0.1, -0.05) is 26.7 Å². The number of hydrogen-bond donors (Lipinski definition) is 2. The topological polar surface area (TPSA) is 58.4 Å². The van der Waals surface area contributed by atoms with Crippen LogP contribution in [-0.2, 0) is 4.79 Å². The maximum atomic E-state index is 11.6. The van der Waals surface area contributed by atoms with E-state index < -0.39 is 5.54 Å². The highest BCUT2D eigenvalue weighted by Crippen LogP contribution is 2.28. The lowest BCUT2D eigenvalue weighted by Gasteiger charge is -2.40. The van der Waals surface area contributed by atoms with E-state index in [9.17, 15) is 4.79 Å². The van der Waals surface area contributed by atoms with Crippen LogP contribution in [-0.4, -0.2) is 42.5 Å². The van der Waals surface area contributed by atoms with Crippen LogP contribution in [0.2, 0.25) is 0 Å². The van der Waals surface area contributed by atoms with Gasteiger partial charge in [0.25, 0.3) is 0 Å². The molecule has 1 amide bonds. The van der Waals surface area contributed by atoms with Gasteiger partial charge in [0.15, 0.2) is 0 Å². The van der Waals surface area contributed by atoms with E-state index in [-0.39, 0.29) is 5.91 Å². The molecular formula is C14H29N3O. The Bertz CT molecular complexity index is 282. The molecule has 0 heterocycles. The van der Waals surface area contributed by atoms with Crippen molar-refractivity contribution in [2.75, 3.05) is 20.1 Å². The summed E-state index contributed by atoms with van der Waals surface area (Å²) in [7, 11) is 2.12. The Morgan fingerprint density at radius 2 is 2.06 bits per heavy atom. The molecule has 3 unspecified atom stereocenters. The molecule has 18 heavy (non-hydrogen) atoms. The van der Waals surface area contributed by atoms with Gasteiger partial charge in [0.2, 0.25) is 5.91 Å². The van der Waals surface area contributed by atoms with Gasteiger partial charge in [0.05, 0.1) is 0 Å². The summed E-state index contributed by atoms with van der Waals surface area (Å²) in [6.07, 6.45) is 5.17. The minimum atomic E-state index is -0.624. The maximum absolute atomic E-state index is 11.6. The SMILES string of the molecule is CCNC(C)(CN(C)C1CCCCC1C)C(N)=O. The predicted octanol–water partition coefficient (Wildman–Crippen LogP) is 1.35. The standard InChI is InChI=1S/C14H29N3O/c1-5-16-14(3,13(15)18)10-17(4)12-9-7-6-8-11(12)2/h11-12,16H,5-10H2,1-4H3,(H2,15,18). The minimum absolute atomic E-state index is 0.264. The van der Waals surface area contributed by atoms with Gasteiger partial charge in [-0.3, -0.25) is 4.79 Å². The molecular weight excluding hydrogens is 226 g/mol. The second-order valence-electron chi connectivity index (χ2n) is 5.97. The minimum Gasteiger partial charge on any atom is -0.368 e. The average molecular weight is 255 g/mol. The second-order valence-corrected chi connectivity index (χ2v) is 5.97. The smallest absolute Gasteiger partial charge is 0.238 e. The zero-order valence-corrected chi connectivity index (χ0v) is 12.3. The number of primary amides is 1. The summed E-state index contributed by atoms with van der Waals surface area (Å²) in [6.45, 7) is 7.67. The number of carbonyl (C=O) groups is 1. The first kappa shape index (κ1) is 15.4. The van der Waals surface area contributed by atoms with Crippen LogP contribution in [0.4, 0.5) is 0 Å². The van der Waals surface area contributed by atoms with Gasteiger partial charge in [0.1, 0.15) is 5.54 Å². The Balaban J connectivity index is 2.65. The van der Waals surface area contributed by atoms with Crippen molar-refractivity contribution in [3.8, 4) is 0 Å². The number of likely N-dealkylation sites (N-methyl/N-ethyl adjacent to an activating group) is 2. The third-order valence-corrected chi connectivity index (χ3v) is 4.31. The summed E-state index contributed by atoms with van der Waals surface area (Å²) in [5.74, 6) is 0.446. The molecule has 3 N–H and O–H groups in total. The molecule has 1 aliphatic carbocycles. The zero-order chi connectivity index (χ0) is 13.8. The van der Waals surface area contributed by atoms with Crippen LogP contribution >= 0.6 is 0 Å². The zero-order valence-electron chi connectivity index (χ0n) is 12.3. The van der Waals surface area contributed by atoms with E-state index in [1.165, 1.54) is 25.7 Å². The lowest BCUT2D eigenvalue weighted by atomic mass is 9.84. The van der Waals surface area contributed by atoms with Crippen molar-refractivity contribution in [1.29, 1.82) is 0 Å². The number of nitrogens with two attached hydrogens (primary N) is 1. The van der Waals surface area contributed by atoms with E-state index in [1.54, 1.807) is 0 Å². The van der Waals surface area contributed by atoms with E-state index in [0.29, 0.717) is 18.5 Å². The molecule has 1 saturated carbocycles. The van der Waals surface area contributed by atoms with Crippen LogP contribution in [0.25, 0.3) is 0 Å². The lowest BCUT2D eigenvalue weighted by molar-refractivity contribution is -0.124. The second kappa shape index (κ2) is 6.53. The Hall–Kier alpha value is -0.610. The Morgan fingerprint density at radius 3 is 2.56 bits per heavy atom. The summed E-state index contributed by atoms with van der Waals surface area (Å²) in [5, 5.41) is 3.23. The lowest BCUT2D eigenvalue weighted by Crippen LogP contribution is -2.60. The molecule has 0 aliphatic heterocycles. The van der Waals surface area contributed by atoms with E-state index in [4.69, 9.17) is 5.73 Å². The highest BCUT2D eigenvalue weighted by molar-refractivity contribution is 5.84. The van der Waals surface area contributed by atoms with E-state index >= 15 is 0 Å². The normalized spacial score (nSPS) is 28.1. The van der Waals surface area contributed by atoms with Crippen LogP contribution < -0.4 is 11.1 Å². The molecule has 1 aliphatic rings. The van der Waals surface area contributed by atoms with Gasteiger partial charge in [-0.25, -0.2) is 0 Å². The van der Waals surface area contributed by atoms with Gasteiger partial charge >= 0.3 is 0 Å². The fourth-order valence-electron chi connectivity index (χ4n) is 3.18. The molecule has 0 aromatic rings. The molecule has 106 valence electrons. The summed E-state index contributed by atoms with van der Waals surface area (Å²) < 4.78 is 0. The maximum Gasteiger partial charge on any atom is 0.238 e. The molecule has 0 saturated heterocycles. The van der Waals surface area contributed by atoms with Crippen LogP contribution in [0.1, 0.15) is 46.5 Å². The molecule has 4 heteroatoms. The van der Waals surface area contributed by atoms with Crippen LogP contribution in [0.5, 0.6) is 0 Å². The Kier molecular flexibility index (Phi) is 5.60. The molecule has 1 rings (SSSR count). The first-order valence-corrected chi connectivity index (χ1v) is 7.16. The number of hydrogen-bond acceptors (Lipinski definition) is 3. The number of amides is 1. The van der Waals surface area contributed by atoms with Crippen molar-refractivity contribution in [1.82, 2.24) is 10.2 Å². The molecule has 0 radical (unpaired) electrons. The fraction of sp³-hybridized carbons (Fsp3) is 0.929. The number of nitrogens with zero attached hydrogens (tertiary/aromatic N) is 1.